The minimum Gasteiger partial charge on any atom is -0.508 e. The summed E-state index contributed by atoms with van der Waals surface area (Å²) in [6.45, 7) is 1.09. The summed E-state index contributed by atoms with van der Waals surface area (Å²) in [6, 6.07) is 20.1. The van der Waals surface area contributed by atoms with Crippen LogP contribution in [0.2, 0.25) is 0 Å². The Kier molecular flexibility index (Phi) is 3.63. The quantitative estimate of drug-likeness (QED) is 0.912. The molecule has 0 spiro atoms. The van der Waals surface area contributed by atoms with Crippen molar-refractivity contribution >= 4 is 0 Å². The lowest BCUT2D eigenvalue weighted by Crippen LogP contribution is -2.41. The summed E-state index contributed by atoms with van der Waals surface area (Å²) in [7, 11) is 0. The highest BCUT2D eigenvalue weighted by Crippen LogP contribution is 2.44. The van der Waals surface area contributed by atoms with Gasteiger partial charge >= 0.3 is 0 Å². The first kappa shape index (κ1) is 13.8. The summed E-state index contributed by atoms with van der Waals surface area (Å²) in [6.07, 6.45) is 5.11. The van der Waals surface area contributed by atoms with E-state index in [-0.39, 0.29) is 0 Å². The van der Waals surface area contributed by atoms with Crippen LogP contribution in [-0.2, 0) is 6.54 Å². The van der Waals surface area contributed by atoms with Gasteiger partial charge in [0, 0.05) is 18.6 Å². The molecule has 0 saturated carbocycles. The molecule has 2 fully saturated rings. The Morgan fingerprint density at radius 3 is 2.32 bits per heavy atom. The van der Waals surface area contributed by atoms with Crippen molar-refractivity contribution in [3.05, 3.63) is 65.7 Å². The smallest absolute Gasteiger partial charge is 0.115 e. The highest BCUT2D eigenvalue weighted by atomic mass is 16.3. The predicted molar refractivity (Wildman–Crippen MR) is 88.9 cm³/mol. The molecule has 2 aliphatic rings. The average molecular weight is 293 g/mol. The van der Waals surface area contributed by atoms with Crippen LogP contribution in [0.4, 0.5) is 0 Å². The molecule has 0 aliphatic carbocycles. The van der Waals surface area contributed by atoms with Gasteiger partial charge in [-0.25, -0.2) is 0 Å². The molecule has 114 valence electrons. The van der Waals surface area contributed by atoms with E-state index in [1.807, 2.05) is 12.1 Å². The number of phenolic OH excluding ortho intramolecular Hbond substituents is 1. The maximum Gasteiger partial charge on any atom is 0.115 e. The van der Waals surface area contributed by atoms with E-state index >= 15 is 0 Å². The van der Waals surface area contributed by atoms with E-state index < -0.39 is 0 Å². The van der Waals surface area contributed by atoms with Crippen LogP contribution in [0, 0.1) is 0 Å². The second kappa shape index (κ2) is 5.77. The fourth-order valence-corrected chi connectivity index (χ4v) is 4.38. The van der Waals surface area contributed by atoms with E-state index in [4.69, 9.17) is 0 Å². The van der Waals surface area contributed by atoms with Gasteiger partial charge in [0.1, 0.15) is 5.75 Å². The van der Waals surface area contributed by atoms with Crippen molar-refractivity contribution in [1.29, 1.82) is 0 Å². The standard InChI is InChI=1S/C20H23NO/c22-20-8-4-7-16(13-20)17-11-18-9-10-19(12-17)21(18)14-15-5-2-1-3-6-15/h1-8,13,17-19,22H,9-12,14H2. The Hall–Kier alpha value is -1.80. The van der Waals surface area contributed by atoms with Crippen LogP contribution in [0.25, 0.3) is 0 Å². The molecular formula is C20H23NO. The van der Waals surface area contributed by atoms with Crippen LogP contribution in [0.5, 0.6) is 5.75 Å². The number of aromatic hydroxyl groups is 1. The number of hydrogen-bond donors (Lipinski definition) is 1. The Balaban J connectivity index is 1.50. The van der Waals surface area contributed by atoms with Gasteiger partial charge in [0.05, 0.1) is 0 Å². The van der Waals surface area contributed by atoms with Crippen molar-refractivity contribution in [3.63, 3.8) is 0 Å². The highest BCUT2D eigenvalue weighted by Gasteiger charge is 2.40. The Labute approximate surface area is 132 Å². The molecule has 22 heavy (non-hydrogen) atoms. The molecule has 2 unspecified atom stereocenters. The number of hydrogen-bond acceptors (Lipinski definition) is 2. The number of benzene rings is 2. The largest absolute Gasteiger partial charge is 0.508 e. The number of piperidine rings is 1. The van der Waals surface area contributed by atoms with Crippen LogP contribution in [0.1, 0.15) is 42.7 Å². The predicted octanol–water partition coefficient (Wildman–Crippen LogP) is 4.30. The first-order chi connectivity index (χ1) is 10.8. The molecule has 2 aromatic rings. The second-order valence-electron chi connectivity index (χ2n) is 6.81. The van der Waals surface area contributed by atoms with Gasteiger partial charge in [-0.05, 0) is 54.9 Å². The third kappa shape index (κ3) is 2.64. The molecule has 2 aliphatic heterocycles. The maximum absolute atomic E-state index is 9.73. The first-order valence-electron chi connectivity index (χ1n) is 8.38. The normalized spacial score (nSPS) is 27.9. The number of fused-ring (bicyclic) bond motifs is 2. The van der Waals surface area contributed by atoms with E-state index in [0.717, 1.165) is 6.54 Å². The zero-order valence-electron chi connectivity index (χ0n) is 12.9. The van der Waals surface area contributed by atoms with Gasteiger partial charge < -0.3 is 5.11 Å². The second-order valence-corrected chi connectivity index (χ2v) is 6.81. The van der Waals surface area contributed by atoms with Crippen molar-refractivity contribution in [1.82, 2.24) is 4.90 Å². The van der Waals surface area contributed by atoms with Crippen molar-refractivity contribution in [3.8, 4) is 5.75 Å². The van der Waals surface area contributed by atoms with Crippen LogP contribution in [0.3, 0.4) is 0 Å². The molecule has 2 bridgehead atoms. The van der Waals surface area contributed by atoms with E-state index in [1.165, 1.54) is 36.8 Å². The van der Waals surface area contributed by atoms with Crippen LogP contribution >= 0.6 is 0 Å². The van der Waals surface area contributed by atoms with E-state index in [2.05, 4.69) is 41.3 Å². The zero-order valence-corrected chi connectivity index (χ0v) is 12.9. The molecule has 2 nitrogen and oxygen atoms in total. The topological polar surface area (TPSA) is 23.5 Å². The number of rotatable bonds is 3. The summed E-state index contributed by atoms with van der Waals surface area (Å²) in [4.78, 5) is 2.72. The van der Waals surface area contributed by atoms with Crippen molar-refractivity contribution in [2.24, 2.45) is 0 Å². The van der Waals surface area contributed by atoms with Gasteiger partial charge in [-0.15, -0.1) is 0 Å². The Morgan fingerprint density at radius 2 is 1.64 bits per heavy atom. The van der Waals surface area contributed by atoms with E-state index in [0.29, 0.717) is 23.8 Å². The zero-order chi connectivity index (χ0) is 14.9. The van der Waals surface area contributed by atoms with Gasteiger partial charge in [-0.2, -0.15) is 0 Å². The molecule has 1 N–H and O–H groups in total. The third-order valence-corrected chi connectivity index (χ3v) is 5.43. The fraction of sp³-hybridized carbons (Fsp3) is 0.400. The lowest BCUT2D eigenvalue weighted by Gasteiger charge is -2.39. The molecule has 0 amide bonds. The molecule has 2 heterocycles. The third-order valence-electron chi connectivity index (χ3n) is 5.43. The summed E-state index contributed by atoms with van der Waals surface area (Å²) in [5.74, 6) is 1.01. The molecular weight excluding hydrogens is 270 g/mol. The summed E-state index contributed by atoms with van der Waals surface area (Å²) in [5, 5.41) is 9.73. The summed E-state index contributed by atoms with van der Waals surface area (Å²) >= 11 is 0. The molecule has 2 aromatic carbocycles. The molecule has 2 atom stereocenters. The molecule has 2 heteroatoms. The highest BCUT2D eigenvalue weighted by molar-refractivity contribution is 5.31. The van der Waals surface area contributed by atoms with Gasteiger partial charge in [0.2, 0.25) is 0 Å². The average Bonchev–Trinajstić information content (AvgIpc) is 2.78. The monoisotopic (exact) mass is 293 g/mol. The lowest BCUT2D eigenvalue weighted by atomic mass is 9.85. The minimum atomic E-state index is 0.400. The van der Waals surface area contributed by atoms with E-state index in [1.54, 1.807) is 6.07 Å². The molecule has 0 radical (unpaired) electrons. The Morgan fingerprint density at radius 1 is 0.909 bits per heavy atom. The van der Waals surface area contributed by atoms with Crippen LogP contribution in [0.15, 0.2) is 54.6 Å². The maximum atomic E-state index is 9.73. The summed E-state index contributed by atoms with van der Waals surface area (Å²) < 4.78 is 0. The van der Waals surface area contributed by atoms with Gasteiger partial charge in [-0.1, -0.05) is 42.5 Å². The number of phenols is 1. The lowest BCUT2D eigenvalue weighted by molar-refractivity contribution is 0.118. The van der Waals surface area contributed by atoms with Crippen LogP contribution < -0.4 is 0 Å². The van der Waals surface area contributed by atoms with Crippen LogP contribution in [-0.4, -0.2) is 22.1 Å². The number of nitrogens with zero attached hydrogens (tertiary/aromatic N) is 1. The van der Waals surface area contributed by atoms with Gasteiger partial charge in [0.15, 0.2) is 0 Å². The van der Waals surface area contributed by atoms with Crippen molar-refractivity contribution in [2.75, 3.05) is 0 Å². The molecule has 2 saturated heterocycles. The van der Waals surface area contributed by atoms with E-state index in [9.17, 15) is 5.11 Å². The van der Waals surface area contributed by atoms with Gasteiger partial charge in [-0.3, -0.25) is 4.90 Å². The van der Waals surface area contributed by atoms with Gasteiger partial charge in [0.25, 0.3) is 0 Å². The van der Waals surface area contributed by atoms with Crippen molar-refractivity contribution < 1.29 is 5.11 Å². The minimum absolute atomic E-state index is 0.400. The molecule has 4 rings (SSSR count). The molecule has 0 aromatic heterocycles. The Bertz CT molecular complexity index is 625. The fourth-order valence-electron chi connectivity index (χ4n) is 4.38. The van der Waals surface area contributed by atoms with Crippen molar-refractivity contribution in [2.45, 2.75) is 50.2 Å². The SMILES string of the molecule is Oc1cccc(C2CC3CCC(C2)N3Cc2ccccc2)c1. The summed E-state index contributed by atoms with van der Waals surface area (Å²) in [5.41, 5.74) is 2.74. The first-order valence-corrected chi connectivity index (χ1v) is 8.38.